The Balaban J connectivity index is 2.20. The molecule has 1 aliphatic rings. The molecule has 0 radical (unpaired) electrons. The third-order valence-corrected chi connectivity index (χ3v) is 4.16. The first kappa shape index (κ1) is 15.4. The standard InChI is InChI=1S/C14H28N2O2/c1-11-6-9-16(12(2)10-11)8-5-4-7-14(3,15)13(17)18/h11-12H,4-10,15H2,1-3H3,(H,17,18). The zero-order valence-corrected chi connectivity index (χ0v) is 12.0. The van der Waals surface area contributed by atoms with E-state index in [9.17, 15) is 4.79 Å². The fourth-order valence-corrected chi connectivity index (χ4v) is 2.70. The maximum atomic E-state index is 10.9. The normalized spacial score (nSPS) is 28.9. The Bertz CT molecular complexity index is 279. The van der Waals surface area contributed by atoms with Gasteiger partial charge in [-0.25, -0.2) is 0 Å². The average Bonchev–Trinajstić information content (AvgIpc) is 2.26. The minimum Gasteiger partial charge on any atom is -0.480 e. The lowest BCUT2D eigenvalue weighted by Gasteiger charge is -2.36. The van der Waals surface area contributed by atoms with Gasteiger partial charge in [-0.15, -0.1) is 0 Å². The summed E-state index contributed by atoms with van der Waals surface area (Å²) in [6.07, 6.45) is 5.05. The molecule has 18 heavy (non-hydrogen) atoms. The predicted octanol–water partition coefficient (Wildman–Crippen LogP) is 2.08. The Labute approximate surface area is 111 Å². The van der Waals surface area contributed by atoms with Gasteiger partial charge in [0, 0.05) is 6.04 Å². The molecule has 0 saturated carbocycles. The highest BCUT2D eigenvalue weighted by Crippen LogP contribution is 2.22. The quantitative estimate of drug-likeness (QED) is 0.714. The van der Waals surface area contributed by atoms with Crippen molar-refractivity contribution in [3.8, 4) is 0 Å². The second kappa shape index (κ2) is 6.53. The summed E-state index contributed by atoms with van der Waals surface area (Å²) < 4.78 is 0. The number of carbonyl (C=O) groups is 1. The van der Waals surface area contributed by atoms with Crippen molar-refractivity contribution in [2.75, 3.05) is 13.1 Å². The van der Waals surface area contributed by atoms with Crippen LogP contribution in [-0.4, -0.2) is 40.6 Å². The van der Waals surface area contributed by atoms with Gasteiger partial charge in [-0.2, -0.15) is 0 Å². The van der Waals surface area contributed by atoms with Crippen molar-refractivity contribution < 1.29 is 9.90 Å². The molecule has 1 saturated heterocycles. The van der Waals surface area contributed by atoms with Gasteiger partial charge in [0.05, 0.1) is 0 Å². The molecule has 0 aromatic heterocycles. The lowest BCUT2D eigenvalue weighted by atomic mass is 9.92. The summed E-state index contributed by atoms with van der Waals surface area (Å²) in [6.45, 7) is 8.46. The van der Waals surface area contributed by atoms with Crippen molar-refractivity contribution in [2.24, 2.45) is 11.7 Å². The molecule has 4 heteroatoms. The number of rotatable bonds is 6. The largest absolute Gasteiger partial charge is 0.480 e. The summed E-state index contributed by atoms with van der Waals surface area (Å²) in [6, 6.07) is 0.664. The molecular formula is C14H28N2O2. The number of hydrogen-bond donors (Lipinski definition) is 2. The van der Waals surface area contributed by atoms with Crippen LogP contribution in [0.2, 0.25) is 0 Å². The third kappa shape index (κ3) is 4.58. The molecule has 3 atom stereocenters. The number of carboxylic acids is 1. The SMILES string of the molecule is CC1CCN(CCCCC(C)(N)C(=O)O)C(C)C1. The van der Waals surface area contributed by atoms with Crippen molar-refractivity contribution in [2.45, 2.75) is 64.5 Å². The zero-order chi connectivity index (χ0) is 13.8. The van der Waals surface area contributed by atoms with Crippen LogP contribution in [-0.2, 0) is 4.79 Å². The first-order chi connectivity index (χ1) is 8.33. The van der Waals surface area contributed by atoms with Crippen LogP contribution in [0.5, 0.6) is 0 Å². The Morgan fingerprint density at radius 3 is 2.67 bits per heavy atom. The van der Waals surface area contributed by atoms with Crippen LogP contribution >= 0.6 is 0 Å². The van der Waals surface area contributed by atoms with E-state index < -0.39 is 11.5 Å². The first-order valence-corrected chi connectivity index (χ1v) is 7.09. The summed E-state index contributed by atoms with van der Waals surface area (Å²) in [5, 5.41) is 8.93. The molecule has 4 nitrogen and oxygen atoms in total. The van der Waals surface area contributed by atoms with Gasteiger partial charge in [-0.05, 0) is 65.0 Å². The van der Waals surface area contributed by atoms with Crippen LogP contribution in [0.15, 0.2) is 0 Å². The van der Waals surface area contributed by atoms with Crippen molar-refractivity contribution in [1.29, 1.82) is 0 Å². The van der Waals surface area contributed by atoms with E-state index in [0.29, 0.717) is 12.5 Å². The predicted molar refractivity (Wildman–Crippen MR) is 73.5 cm³/mol. The second-order valence-corrected chi connectivity index (χ2v) is 6.19. The molecule has 0 aliphatic carbocycles. The van der Waals surface area contributed by atoms with E-state index in [2.05, 4.69) is 18.7 Å². The molecule has 1 aliphatic heterocycles. The molecule has 1 heterocycles. The fourth-order valence-electron chi connectivity index (χ4n) is 2.70. The Morgan fingerprint density at radius 2 is 2.11 bits per heavy atom. The van der Waals surface area contributed by atoms with Crippen LogP contribution < -0.4 is 5.73 Å². The fraction of sp³-hybridized carbons (Fsp3) is 0.929. The maximum Gasteiger partial charge on any atom is 0.323 e. The van der Waals surface area contributed by atoms with Gasteiger partial charge >= 0.3 is 5.97 Å². The van der Waals surface area contributed by atoms with E-state index in [4.69, 9.17) is 10.8 Å². The molecule has 3 unspecified atom stereocenters. The number of nitrogens with zero attached hydrogens (tertiary/aromatic N) is 1. The molecule has 0 aromatic rings. The van der Waals surface area contributed by atoms with Gasteiger partial charge in [0.15, 0.2) is 0 Å². The zero-order valence-electron chi connectivity index (χ0n) is 12.0. The van der Waals surface area contributed by atoms with Crippen LogP contribution in [0.1, 0.15) is 52.9 Å². The van der Waals surface area contributed by atoms with Gasteiger partial charge in [0.25, 0.3) is 0 Å². The monoisotopic (exact) mass is 256 g/mol. The van der Waals surface area contributed by atoms with Gasteiger partial charge in [0.1, 0.15) is 5.54 Å². The highest BCUT2D eigenvalue weighted by atomic mass is 16.4. The van der Waals surface area contributed by atoms with E-state index in [0.717, 1.165) is 25.3 Å². The lowest BCUT2D eigenvalue weighted by molar-refractivity contribution is -0.142. The summed E-state index contributed by atoms with van der Waals surface area (Å²) in [4.78, 5) is 13.4. The Kier molecular flexibility index (Phi) is 5.60. The highest BCUT2D eigenvalue weighted by molar-refractivity contribution is 5.77. The molecule has 0 spiro atoms. The molecular weight excluding hydrogens is 228 g/mol. The number of hydrogen-bond acceptors (Lipinski definition) is 3. The van der Waals surface area contributed by atoms with E-state index in [1.165, 1.54) is 19.4 Å². The van der Waals surface area contributed by atoms with E-state index in [1.54, 1.807) is 6.92 Å². The topological polar surface area (TPSA) is 66.6 Å². The van der Waals surface area contributed by atoms with Crippen molar-refractivity contribution in [3.63, 3.8) is 0 Å². The number of piperidine rings is 1. The molecule has 3 N–H and O–H groups in total. The van der Waals surface area contributed by atoms with E-state index >= 15 is 0 Å². The number of nitrogens with two attached hydrogens (primary N) is 1. The molecule has 0 bridgehead atoms. The molecule has 1 fully saturated rings. The smallest absolute Gasteiger partial charge is 0.323 e. The van der Waals surface area contributed by atoms with Gasteiger partial charge in [0.2, 0.25) is 0 Å². The molecule has 106 valence electrons. The van der Waals surface area contributed by atoms with E-state index in [-0.39, 0.29) is 0 Å². The van der Waals surface area contributed by atoms with Crippen molar-refractivity contribution >= 4 is 5.97 Å². The molecule has 0 aromatic carbocycles. The first-order valence-electron chi connectivity index (χ1n) is 7.09. The summed E-state index contributed by atoms with van der Waals surface area (Å²) in [7, 11) is 0. The average molecular weight is 256 g/mol. The van der Waals surface area contributed by atoms with Gasteiger partial charge in [-0.3, -0.25) is 4.79 Å². The third-order valence-electron chi connectivity index (χ3n) is 4.16. The Morgan fingerprint density at radius 1 is 1.44 bits per heavy atom. The molecule has 0 amide bonds. The highest BCUT2D eigenvalue weighted by Gasteiger charge is 2.27. The van der Waals surface area contributed by atoms with Gasteiger partial charge < -0.3 is 15.7 Å². The Hall–Kier alpha value is -0.610. The summed E-state index contributed by atoms with van der Waals surface area (Å²) in [5.74, 6) is -0.0572. The van der Waals surface area contributed by atoms with E-state index in [1.807, 2.05) is 0 Å². The van der Waals surface area contributed by atoms with Gasteiger partial charge in [-0.1, -0.05) is 6.92 Å². The minimum absolute atomic E-state index is 0.557. The van der Waals surface area contributed by atoms with Crippen LogP contribution in [0.25, 0.3) is 0 Å². The van der Waals surface area contributed by atoms with Crippen molar-refractivity contribution in [1.82, 2.24) is 4.90 Å². The van der Waals surface area contributed by atoms with Crippen LogP contribution in [0, 0.1) is 5.92 Å². The number of aliphatic carboxylic acids is 1. The number of unbranched alkanes of at least 4 members (excludes halogenated alkanes) is 1. The maximum absolute atomic E-state index is 10.9. The minimum atomic E-state index is -1.07. The van der Waals surface area contributed by atoms with Crippen LogP contribution in [0.4, 0.5) is 0 Å². The van der Waals surface area contributed by atoms with Crippen molar-refractivity contribution in [3.05, 3.63) is 0 Å². The number of carboxylic acid groups (broad SMARTS) is 1. The second-order valence-electron chi connectivity index (χ2n) is 6.19. The lowest BCUT2D eigenvalue weighted by Crippen LogP contribution is -2.45. The number of likely N-dealkylation sites (tertiary alicyclic amines) is 1. The summed E-state index contributed by atoms with van der Waals surface area (Å²) >= 11 is 0. The molecule has 1 rings (SSSR count). The van der Waals surface area contributed by atoms with Crippen LogP contribution in [0.3, 0.4) is 0 Å². The summed E-state index contributed by atoms with van der Waals surface area (Å²) in [5.41, 5.74) is 4.64.